The number of nitrogens with one attached hydrogen (secondary N) is 1. The quantitative estimate of drug-likeness (QED) is 0.657. The summed E-state index contributed by atoms with van der Waals surface area (Å²) in [6, 6.07) is 2.68. The smallest absolute Gasteiger partial charge is 0.380 e. The number of hydrogen-bond donors (Lipinski definition) is 1. The molecule has 1 aromatic carbocycles. The molecule has 0 radical (unpaired) electrons. The zero-order valence-electron chi connectivity index (χ0n) is 9.84. The predicted molar refractivity (Wildman–Crippen MR) is 57.7 cm³/mol. The fourth-order valence-corrected chi connectivity index (χ4v) is 1.32. The number of alkyl halides is 3. The number of ether oxygens (including phenoxy) is 2. The molecule has 3 nitrogen and oxygen atoms in total. The summed E-state index contributed by atoms with van der Waals surface area (Å²) in [5.74, 6) is -1.30. The van der Waals surface area contributed by atoms with E-state index in [9.17, 15) is 17.6 Å². The van der Waals surface area contributed by atoms with Crippen molar-refractivity contribution in [2.24, 2.45) is 0 Å². The van der Waals surface area contributed by atoms with E-state index in [-0.39, 0.29) is 12.2 Å². The highest BCUT2D eigenvalue weighted by Crippen LogP contribution is 2.32. The van der Waals surface area contributed by atoms with Gasteiger partial charge >= 0.3 is 6.18 Å². The molecule has 7 heteroatoms. The predicted octanol–water partition coefficient (Wildman–Crippen LogP) is 2.88. The van der Waals surface area contributed by atoms with Crippen molar-refractivity contribution >= 4 is 5.69 Å². The van der Waals surface area contributed by atoms with Crippen LogP contribution in [-0.4, -0.2) is 27.1 Å². The highest BCUT2D eigenvalue weighted by molar-refractivity contribution is 5.47. The van der Waals surface area contributed by atoms with E-state index < -0.39 is 23.8 Å². The molecule has 0 heterocycles. The van der Waals surface area contributed by atoms with Crippen LogP contribution in [0.5, 0.6) is 0 Å². The van der Waals surface area contributed by atoms with E-state index in [1.807, 2.05) is 0 Å². The molecule has 0 spiro atoms. The molecule has 0 saturated heterocycles. The van der Waals surface area contributed by atoms with Crippen LogP contribution in [-0.2, 0) is 15.7 Å². The van der Waals surface area contributed by atoms with Crippen molar-refractivity contribution in [2.45, 2.75) is 12.5 Å². The monoisotopic (exact) mass is 267 g/mol. The molecule has 102 valence electrons. The average molecular weight is 267 g/mol. The van der Waals surface area contributed by atoms with Gasteiger partial charge in [0, 0.05) is 19.9 Å². The molecule has 0 aliphatic heterocycles. The Morgan fingerprint density at radius 1 is 1.22 bits per heavy atom. The van der Waals surface area contributed by atoms with Crippen molar-refractivity contribution in [1.82, 2.24) is 0 Å². The van der Waals surface area contributed by atoms with E-state index in [0.29, 0.717) is 6.07 Å². The third kappa shape index (κ3) is 3.85. The summed E-state index contributed by atoms with van der Waals surface area (Å²) in [6.07, 6.45) is -5.31. The largest absolute Gasteiger partial charge is 0.419 e. The Labute approximate surface area is 102 Å². The Kier molecular flexibility index (Phi) is 4.92. The lowest BCUT2D eigenvalue weighted by Gasteiger charge is -2.16. The standard InChI is InChI=1S/C11H13F4NO2/c1-17-10(18-2)6-16-7-3-4-9(12)8(5-7)11(13,14)15/h3-5,10,16H,6H2,1-2H3. The first-order valence-electron chi connectivity index (χ1n) is 5.04. The maximum atomic E-state index is 13.0. The van der Waals surface area contributed by atoms with Crippen molar-refractivity contribution in [1.29, 1.82) is 0 Å². The molecule has 1 aromatic rings. The Morgan fingerprint density at radius 2 is 1.83 bits per heavy atom. The van der Waals surface area contributed by atoms with Crippen LogP contribution in [0.25, 0.3) is 0 Å². The summed E-state index contributed by atoms with van der Waals surface area (Å²) in [7, 11) is 2.81. The first-order valence-corrected chi connectivity index (χ1v) is 5.04. The third-order valence-corrected chi connectivity index (χ3v) is 2.27. The van der Waals surface area contributed by atoms with Gasteiger partial charge in [-0.1, -0.05) is 0 Å². The summed E-state index contributed by atoms with van der Waals surface area (Å²) in [4.78, 5) is 0. The maximum Gasteiger partial charge on any atom is 0.419 e. The number of halogens is 4. The molecule has 0 aromatic heterocycles. The maximum absolute atomic E-state index is 13.0. The Bertz CT molecular complexity index is 391. The highest BCUT2D eigenvalue weighted by Gasteiger charge is 2.34. The molecule has 0 bridgehead atoms. The molecule has 0 unspecified atom stereocenters. The van der Waals surface area contributed by atoms with Crippen LogP contribution in [0.3, 0.4) is 0 Å². The lowest BCUT2D eigenvalue weighted by atomic mass is 10.2. The fraction of sp³-hybridized carbons (Fsp3) is 0.455. The Morgan fingerprint density at radius 3 is 2.33 bits per heavy atom. The van der Waals surface area contributed by atoms with Crippen molar-refractivity contribution in [3.63, 3.8) is 0 Å². The van der Waals surface area contributed by atoms with Gasteiger partial charge in [-0.05, 0) is 18.2 Å². The number of hydrogen-bond acceptors (Lipinski definition) is 3. The zero-order chi connectivity index (χ0) is 13.8. The highest BCUT2D eigenvalue weighted by atomic mass is 19.4. The zero-order valence-corrected chi connectivity index (χ0v) is 9.84. The van der Waals surface area contributed by atoms with Gasteiger partial charge in [0.25, 0.3) is 0 Å². The summed E-state index contributed by atoms with van der Waals surface area (Å²) in [6.45, 7) is 0.149. The van der Waals surface area contributed by atoms with E-state index in [1.54, 1.807) is 0 Å². The number of methoxy groups -OCH3 is 2. The van der Waals surface area contributed by atoms with Crippen LogP contribution in [0.4, 0.5) is 23.2 Å². The van der Waals surface area contributed by atoms with Crippen LogP contribution in [0.1, 0.15) is 5.56 Å². The third-order valence-electron chi connectivity index (χ3n) is 2.27. The summed E-state index contributed by atoms with van der Waals surface area (Å²) in [5.41, 5.74) is -1.17. The minimum Gasteiger partial charge on any atom is -0.380 e. The minimum atomic E-state index is -4.72. The van der Waals surface area contributed by atoms with Crippen molar-refractivity contribution < 1.29 is 27.0 Å². The second-order valence-electron chi connectivity index (χ2n) is 3.47. The number of rotatable bonds is 5. The van der Waals surface area contributed by atoms with Crippen LogP contribution in [0.2, 0.25) is 0 Å². The second-order valence-corrected chi connectivity index (χ2v) is 3.47. The minimum absolute atomic E-state index is 0.142. The molecule has 1 N–H and O–H groups in total. The second kappa shape index (κ2) is 6.01. The van der Waals surface area contributed by atoms with E-state index in [2.05, 4.69) is 5.32 Å². The van der Waals surface area contributed by atoms with Gasteiger partial charge in [0.1, 0.15) is 5.82 Å². The average Bonchev–Trinajstić information content (AvgIpc) is 2.31. The Hall–Kier alpha value is -1.34. The van der Waals surface area contributed by atoms with E-state index >= 15 is 0 Å². The van der Waals surface area contributed by atoms with Gasteiger partial charge in [0.15, 0.2) is 6.29 Å². The van der Waals surface area contributed by atoms with Crippen molar-refractivity contribution in [3.8, 4) is 0 Å². The van der Waals surface area contributed by atoms with Crippen molar-refractivity contribution in [2.75, 3.05) is 26.1 Å². The summed E-state index contributed by atoms with van der Waals surface area (Å²) < 4.78 is 60.1. The van der Waals surface area contributed by atoms with Crippen LogP contribution in [0.15, 0.2) is 18.2 Å². The summed E-state index contributed by atoms with van der Waals surface area (Å²) >= 11 is 0. The van der Waals surface area contributed by atoms with Gasteiger partial charge in [-0.3, -0.25) is 0 Å². The van der Waals surface area contributed by atoms with Gasteiger partial charge < -0.3 is 14.8 Å². The van der Waals surface area contributed by atoms with Gasteiger partial charge in [-0.15, -0.1) is 0 Å². The molecule has 0 atom stereocenters. The normalized spacial score (nSPS) is 11.9. The lowest BCUT2D eigenvalue weighted by molar-refractivity contribution is -0.139. The molecule has 0 fully saturated rings. The molecule has 0 saturated carbocycles. The lowest BCUT2D eigenvalue weighted by Crippen LogP contribution is -2.23. The van der Waals surface area contributed by atoms with Gasteiger partial charge in [0.05, 0.1) is 12.1 Å². The topological polar surface area (TPSA) is 30.5 Å². The van der Waals surface area contributed by atoms with E-state index in [0.717, 1.165) is 6.07 Å². The van der Waals surface area contributed by atoms with Crippen LogP contribution in [0, 0.1) is 5.82 Å². The first-order chi connectivity index (χ1) is 8.38. The van der Waals surface area contributed by atoms with E-state index in [4.69, 9.17) is 9.47 Å². The van der Waals surface area contributed by atoms with Gasteiger partial charge in [0.2, 0.25) is 0 Å². The summed E-state index contributed by atoms with van der Waals surface area (Å²) in [5, 5.41) is 2.67. The molecule has 0 aliphatic rings. The number of anilines is 1. The van der Waals surface area contributed by atoms with E-state index in [1.165, 1.54) is 20.3 Å². The molecular weight excluding hydrogens is 254 g/mol. The molecule has 0 aliphatic carbocycles. The molecule has 1 rings (SSSR count). The first kappa shape index (κ1) is 14.7. The van der Waals surface area contributed by atoms with Crippen LogP contribution < -0.4 is 5.32 Å². The molecular formula is C11H13F4NO2. The Balaban J connectivity index is 2.80. The fourth-order valence-electron chi connectivity index (χ4n) is 1.32. The van der Waals surface area contributed by atoms with Crippen LogP contribution >= 0.6 is 0 Å². The SMILES string of the molecule is COC(CNc1ccc(F)c(C(F)(F)F)c1)OC. The van der Waals surface area contributed by atoms with Gasteiger partial charge in [-0.25, -0.2) is 4.39 Å². The molecule has 0 amide bonds. The van der Waals surface area contributed by atoms with Crippen molar-refractivity contribution in [3.05, 3.63) is 29.6 Å². The number of benzene rings is 1. The molecule has 18 heavy (non-hydrogen) atoms. The van der Waals surface area contributed by atoms with Gasteiger partial charge in [-0.2, -0.15) is 13.2 Å².